The van der Waals surface area contributed by atoms with Crippen molar-refractivity contribution in [1.29, 1.82) is 0 Å². The maximum absolute atomic E-state index is 13.3. The predicted octanol–water partition coefficient (Wildman–Crippen LogP) is 6.93. The number of carbonyl (C=O) groups is 1. The zero-order valence-corrected chi connectivity index (χ0v) is 51.0. The van der Waals surface area contributed by atoms with Crippen molar-refractivity contribution in [3.05, 3.63) is 97.2 Å². The summed E-state index contributed by atoms with van der Waals surface area (Å²) < 4.78 is 34.2. The molecule has 488 valence electrons. The van der Waals surface area contributed by atoms with Crippen molar-refractivity contribution < 1.29 is 89.4 Å². The molecule has 17 unspecified atom stereocenters. The normalized spacial score (nSPS) is 29.6. The van der Waals surface area contributed by atoms with Gasteiger partial charge in [-0.1, -0.05) is 195 Å². The Kier molecular flexibility index (Phi) is 42.6. The lowest BCUT2D eigenvalue weighted by atomic mass is 9.96. The molecule has 0 spiro atoms. The molecule has 85 heavy (non-hydrogen) atoms. The Morgan fingerprint density at radius 1 is 0.435 bits per heavy atom. The molecule has 0 aliphatic carbocycles. The molecule has 0 saturated carbocycles. The van der Waals surface area contributed by atoms with E-state index in [1.54, 1.807) is 0 Å². The van der Waals surface area contributed by atoms with Crippen molar-refractivity contribution in [2.45, 2.75) is 285 Å². The molecule has 3 fully saturated rings. The van der Waals surface area contributed by atoms with Gasteiger partial charge < -0.3 is 89.9 Å². The Hall–Kier alpha value is -3.29. The van der Waals surface area contributed by atoms with Gasteiger partial charge in [-0.05, 0) is 77.0 Å². The van der Waals surface area contributed by atoms with Crippen LogP contribution in [0, 0.1) is 0 Å². The molecule has 3 aliphatic heterocycles. The molecule has 19 heteroatoms. The molecular weight excluding hydrogens is 1090 g/mol. The Balaban J connectivity index is 1.39. The van der Waals surface area contributed by atoms with Gasteiger partial charge in [0.2, 0.25) is 5.91 Å². The summed E-state index contributed by atoms with van der Waals surface area (Å²) in [4.78, 5) is 13.3. The maximum atomic E-state index is 13.3. The predicted molar refractivity (Wildman–Crippen MR) is 327 cm³/mol. The van der Waals surface area contributed by atoms with E-state index < -0.39 is 124 Å². The second kappa shape index (κ2) is 47.7. The summed E-state index contributed by atoms with van der Waals surface area (Å²) in [7, 11) is 0. The first-order valence-corrected chi connectivity index (χ1v) is 32.0. The molecule has 0 aromatic carbocycles. The number of nitrogens with one attached hydrogen (secondary N) is 1. The third-order valence-corrected chi connectivity index (χ3v) is 15.4. The fraction of sp³-hybridized carbons (Fsp3) is 0.742. The largest absolute Gasteiger partial charge is 0.394 e. The van der Waals surface area contributed by atoms with Crippen molar-refractivity contribution in [2.24, 2.45) is 0 Å². The van der Waals surface area contributed by atoms with Crippen LogP contribution in [0.3, 0.4) is 0 Å². The average Bonchev–Trinajstić information content (AvgIpc) is 2.29. The minimum Gasteiger partial charge on any atom is -0.394 e. The van der Waals surface area contributed by atoms with Crippen LogP contribution in [0.5, 0.6) is 0 Å². The van der Waals surface area contributed by atoms with Crippen molar-refractivity contribution in [2.75, 3.05) is 26.4 Å². The highest BCUT2D eigenvalue weighted by Crippen LogP contribution is 2.33. The van der Waals surface area contributed by atoms with Gasteiger partial charge in [-0.25, -0.2) is 0 Å². The minimum absolute atomic E-state index is 0.242. The van der Waals surface area contributed by atoms with Crippen LogP contribution in [0.1, 0.15) is 181 Å². The summed E-state index contributed by atoms with van der Waals surface area (Å²) in [5.41, 5.74) is 0. The van der Waals surface area contributed by atoms with Crippen LogP contribution in [0.25, 0.3) is 0 Å². The van der Waals surface area contributed by atoms with Gasteiger partial charge in [0, 0.05) is 6.42 Å². The van der Waals surface area contributed by atoms with E-state index >= 15 is 0 Å². The fourth-order valence-electron chi connectivity index (χ4n) is 10.2. The zero-order valence-electron chi connectivity index (χ0n) is 51.0. The molecule has 0 aromatic rings. The van der Waals surface area contributed by atoms with Gasteiger partial charge in [-0.15, -0.1) is 0 Å². The molecular formula is C66H111NO18. The number of ether oxygens (including phenoxy) is 6. The first kappa shape index (κ1) is 76.0. The summed E-state index contributed by atoms with van der Waals surface area (Å²) in [5, 5.41) is 120. The van der Waals surface area contributed by atoms with Crippen LogP contribution in [-0.4, -0.2) is 193 Å². The van der Waals surface area contributed by atoms with Crippen LogP contribution in [0.2, 0.25) is 0 Å². The average molecular weight is 1210 g/mol. The smallest absolute Gasteiger partial charge is 0.220 e. The van der Waals surface area contributed by atoms with E-state index in [9.17, 15) is 61.0 Å². The van der Waals surface area contributed by atoms with Gasteiger partial charge in [0.25, 0.3) is 0 Å². The number of unbranched alkanes of at least 4 members (excludes halogenated alkanes) is 14. The molecule has 3 saturated heterocycles. The molecule has 3 aliphatic rings. The Bertz CT molecular complexity index is 1920. The number of carbonyl (C=O) groups excluding carboxylic acids is 1. The van der Waals surface area contributed by atoms with Crippen molar-refractivity contribution in [3.63, 3.8) is 0 Å². The highest BCUT2D eigenvalue weighted by molar-refractivity contribution is 5.76. The molecule has 17 atom stereocenters. The van der Waals surface area contributed by atoms with Gasteiger partial charge >= 0.3 is 0 Å². The number of allylic oxidation sites excluding steroid dienone is 16. The topological polar surface area (TPSA) is 307 Å². The second-order valence-electron chi connectivity index (χ2n) is 22.5. The minimum atomic E-state index is -1.98. The number of hydrogen-bond acceptors (Lipinski definition) is 18. The first-order valence-electron chi connectivity index (χ1n) is 32.0. The molecule has 0 bridgehead atoms. The molecule has 0 radical (unpaired) electrons. The number of rotatable bonds is 46. The summed E-state index contributed by atoms with van der Waals surface area (Å²) in [6, 6.07) is -0.900. The van der Waals surface area contributed by atoms with E-state index in [0.29, 0.717) is 12.8 Å². The quantitative estimate of drug-likeness (QED) is 0.0217. The van der Waals surface area contributed by atoms with Gasteiger partial charge in [0.15, 0.2) is 18.9 Å². The highest BCUT2D eigenvalue weighted by Gasteiger charge is 2.53. The third-order valence-electron chi connectivity index (χ3n) is 15.4. The first-order chi connectivity index (χ1) is 41.3. The van der Waals surface area contributed by atoms with E-state index in [4.69, 9.17) is 28.4 Å². The lowest BCUT2D eigenvalue weighted by Crippen LogP contribution is -2.66. The fourth-order valence-corrected chi connectivity index (χ4v) is 10.2. The molecule has 0 aromatic heterocycles. The number of aliphatic hydroxyl groups excluding tert-OH is 11. The standard InChI is InChI=1S/C66H111NO18/c1-3-5-7-9-11-13-14-15-16-17-18-19-20-21-22-23-24-25-26-27-28-29-30-31-32-33-34-36-38-40-42-44-54(72)67-49(50(71)43-41-39-37-35-12-10-8-6-4-2)48-80-64-60(78)57(75)62(52(46-69)82-64)85-66-61(79)58(76)63(53(47-70)83-66)84-65-59(77)56(74)55(73)51(45-68)81-65/h5,7,11,13,15-16,18-19,21-22,24-25,27-28,30-31,49-53,55-66,68-71,73-79H,3-4,6,8-10,12,14,17,20,23,26,29,32-48H2,1-2H3,(H,67,72)/b7-5-,13-11-,16-15-,19-18-,22-21-,25-24-,28-27-,31-30-. The van der Waals surface area contributed by atoms with Gasteiger partial charge in [0.1, 0.15) is 73.2 Å². The SMILES string of the molecule is CC/C=C\C/C=C\C/C=C\C/C=C\C/C=C\C/C=C\C/C=C\C/C=C\CCCCCCCCC(=O)NC(COC1OC(CO)C(OC2OC(CO)C(OC3OC(CO)C(O)C(O)C3O)C(O)C2O)C(O)C1O)C(O)CCCCCCCCCCC. The lowest BCUT2D eigenvalue weighted by Gasteiger charge is -2.48. The Morgan fingerprint density at radius 3 is 1.27 bits per heavy atom. The molecule has 3 rings (SSSR count). The zero-order chi connectivity index (χ0) is 61.9. The van der Waals surface area contributed by atoms with Crippen molar-refractivity contribution >= 4 is 5.91 Å². The molecule has 19 nitrogen and oxygen atoms in total. The third kappa shape index (κ3) is 30.7. The van der Waals surface area contributed by atoms with Crippen LogP contribution in [-0.2, 0) is 33.2 Å². The second-order valence-corrected chi connectivity index (χ2v) is 22.5. The number of aliphatic hydroxyl groups is 11. The molecule has 3 heterocycles. The van der Waals surface area contributed by atoms with Gasteiger partial charge in [-0.2, -0.15) is 0 Å². The lowest BCUT2D eigenvalue weighted by molar-refractivity contribution is -0.379. The monoisotopic (exact) mass is 1210 g/mol. The van der Waals surface area contributed by atoms with E-state index in [-0.39, 0.29) is 18.9 Å². The summed E-state index contributed by atoms with van der Waals surface area (Å²) in [6.45, 7) is 1.60. The highest BCUT2D eigenvalue weighted by atomic mass is 16.8. The van der Waals surface area contributed by atoms with Gasteiger partial charge in [-0.3, -0.25) is 4.79 Å². The number of hydrogen-bond donors (Lipinski definition) is 12. The van der Waals surface area contributed by atoms with Crippen LogP contribution in [0.15, 0.2) is 97.2 Å². The van der Waals surface area contributed by atoms with E-state index in [1.807, 2.05) is 0 Å². The van der Waals surface area contributed by atoms with Crippen molar-refractivity contribution in [1.82, 2.24) is 5.32 Å². The van der Waals surface area contributed by atoms with Gasteiger partial charge in [0.05, 0.1) is 38.6 Å². The van der Waals surface area contributed by atoms with Crippen LogP contribution in [0.4, 0.5) is 0 Å². The molecule has 1 amide bonds. The Morgan fingerprint density at radius 2 is 0.812 bits per heavy atom. The molecule has 12 N–H and O–H groups in total. The van der Waals surface area contributed by atoms with E-state index in [0.717, 1.165) is 122 Å². The van der Waals surface area contributed by atoms with E-state index in [1.165, 1.54) is 25.7 Å². The summed E-state index contributed by atoms with van der Waals surface area (Å²) in [5.74, 6) is -0.265. The van der Waals surface area contributed by atoms with Crippen LogP contribution < -0.4 is 5.32 Å². The van der Waals surface area contributed by atoms with Crippen molar-refractivity contribution in [3.8, 4) is 0 Å². The maximum Gasteiger partial charge on any atom is 0.220 e. The number of amides is 1. The summed E-state index contributed by atoms with van der Waals surface area (Å²) in [6.07, 6.45) is 33.7. The Labute approximate surface area is 507 Å². The van der Waals surface area contributed by atoms with Crippen LogP contribution >= 0.6 is 0 Å². The summed E-state index contributed by atoms with van der Waals surface area (Å²) >= 11 is 0. The van der Waals surface area contributed by atoms with E-state index in [2.05, 4.69) is 116 Å².